The molecule has 1 aliphatic heterocycles. The summed E-state index contributed by atoms with van der Waals surface area (Å²) in [5.41, 5.74) is 1.34. The fourth-order valence-corrected chi connectivity index (χ4v) is 4.81. The summed E-state index contributed by atoms with van der Waals surface area (Å²) in [5, 5.41) is 53.3. The topological polar surface area (TPSA) is 149 Å². The molecule has 5 aromatic rings. The SMILES string of the molecule is Cn1ncc2ccc(-n3cnnc3[C@@H]3O[C@H](CO)[C@H](O)[C@H](n4cc(-c5cc(F)c(F)c(F)c5)nn4)[C@H]3O)cc21. The summed E-state index contributed by atoms with van der Waals surface area (Å²) in [6.07, 6.45) is -0.903. The van der Waals surface area contributed by atoms with Crippen molar-refractivity contribution in [3.8, 4) is 16.9 Å². The van der Waals surface area contributed by atoms with Gasteiger partial charge in [0.1, 0.15) is 42.5 Å². The van der Waals surface area contributed by atoms with Gasteiger partial charge in [0.2, 0.25) is 0 Å². The Morgan fingerprint density at radius 2 is 1.79 bits per heavy atom. The van der Waals surface area contributed by atoms with Crippen LogP contribution in [0.5, 0.6) is 0 Å². The first-order chi connectivity index (χ1) is 18.8. The molecule has 1 saturated heterocycles. The number of aryl methyl sites for hydroxylation is 1. The number of aliphatic hydroxyl groups excluding tert-OH is 3. The molecule has 0 spiro atoms. The molecule has 0 aliphatic carbocycles. The van der Waals surface area contributed by atoms with Gasteiger partial charge in [-0.1, -0.05) is 5.21 Å². The van der Waals surface area contributed by atoms with Crippen LogP contribution in [0.25, 0.3) is 27.8 Å². The van der Waals surface area contributed by atoms with Crippen LogP contribution in [0.3, 0.4) is 0 Å². The Hall–Kier alpha value is -4.18. The zero-order valence-electron chi connectivity index (χ0n) is 20.2. The lowest BCUT2D eigenvalue weighted by atomic mass is 9.92. The van der Waals surface area contributed by atoms with Crippen LogP contribution in [0.15, 0.2) is 49.1 Å². The van der Waals surface area contributed by atoms with Crippen molar-refractivity contribution in [2.45, 2.75) is 30.5 Å². The molecule has 5 atom stereocenters. The highest BCUT2D eigenvalue weighted by Gasteiger charge is 2.48. The van der Waals surface area contributed by atoms with Crippen molar-refractivity contribution in [2.24, 2.45) is 7.05 Å². The van der Waals surface area contributed by atoms with Gasteiger partial charge in [0.15, 0.2) is 23.3 Å². The van der Waals surface area contributed by atoms with E-state index in [4.69, 9.17) is 4.74 Å². The number of hydrogen-bond donors (Lipinski definition) is 3. The summed E-state index contributed by atoms with van der Waals surface area (Å²) in [6, 6.07) is 5.81. The molecule has 1 aliphatic rings. The zero-order chi connectivity index (χ0) is 27.4. The second-order valence-corrected chi connectivity index (χ2v) is 9.16. The summed E-state index contributed by atoms with van der Waals surface area (Å²) in [5.74, 6) is -4.26. The molecule has 6 rings (SSSR count). The van der Waals surface area contributed by atoms with Crippen molar-refractivity contribution in [3.05, 3.63) is 72.3 Å². The molecule has 1 fully saturated rings. The molecular formula is C24H21F3N8O4. The molecule has 2 aromatic carbocycles. The highest BCUT2D eigenvalue weighted by molar-refractivity contribution is 5.80. The average molecular weight is 542 g/mol. The molecule has 0 saturated carbocycles. The average Bonchev–Trinajstić information content (AvgIpc) is 3.68. The second-order valence-electron chi connectivity index (χ2n) is 9.16. The standard InChI is InChI=1S/C24H21F3N8O4/c1-33-17-6-13(3-2-11(17)7-29-33)34-10-28-31-24(34)23-22(38)20(21(37)18(9-36)39-23)35-8-16(30-32-35)12-4-14(25)19(27)15(26)5-12/h2-8,10,18,20-23,36-38H,9H2,1H3/t18-,20+,21+,22-,23-/m1/s1. The van der Waals surface area contributed by atoms with Crippen molar-refractivity contribution in [1.29, 1.82) is 0 Å². The van der Waals surface area contributed by atoms with Gasteiger partial charge < -0.3 is 20.1 Å². The number of halogens is 3. The maximum absolute atomic E-state index is 13.8. The molecule has 0 bridgehead atoms. The van der Waals surface area contributed by atoms with Crippen LogP contribution < -0.4 is 0 Å². The Morgan fingerprint density at radius 1 is 1.03 bits per heavy atom. The van der Waals surface area contributed by atoms with Gasteiger partial charge in [-0.05, 0) is 30.3 Å². The number of nitrogens with zero attached hydrogens (tertiary/aromatic N) is 8. The van der Waals surface area contributed by atoms with E-state index in [9.17, 15) is 28.5 Å². The number of ether oxygens (including phenoxy) is 1. The Morgan fingerprint density at radius 3 is 2.54 bits per heavy atom. The lowest BCUT2D eigenvalue weighted by Crippen LogP contribution is -2.53. The maximum atomic E-state index is 13.8. The van der Waals surface area contributed by atoms with Gasteiger partial charge >= 0.3 is 0 Å². The molecule has 3 N–H and O–H groups in total. The lowest BCUT2D eigenvalue weighted by molar-refractivity contribution is -0.210. The molecule has 3 aromatic heterocycles. The van der Waals surface area contributed by atoms with E-state index in [1.54, 1.807) is 22.5 Å². The van der Waals surface area contributed by atoms with E-state index in [2.05, 4.69) is 25.6 Å². The van der Waals surface area contributed by atoms with Gasteiger partial charge in [-0.3, -0.25) is 9.25 Å². The minimum atomic E-state index is -1.62. The molecular weight excluding hydrogens is 521 g/mol. The summed E-state index contributed by atoms with van der Waals surface area (Å²) in [7, 11) is 1.80. The Bertz CT molecular complexity index is 1650. The van der Waals surface area contributed by atoms with Crippen molar-refractivity contribution in [2.75, 3.05) is 6.61 Å². The van der Waals surface area contributed by atoms with Gasteiger partial charge in [-0.15, -0.1) is 15.3 Å². The molecule has 0 amide bonds. The van der Waals surface area contributed by atoms with Crippen LogP contribution in [-0.2, 0) is 11.8 Å². The molecule has 15 heteroatoms. The van der Waals surface area contributed by atoms with Crippen LogP contribution >= 0.6 is 0 Å². The van der Waals surface area contributed by atoms with Gasteiger partial charge in [0.05, 0.1) is 30.2 Å². The number of aromatic nitrogens is 8. The van der Waals surface area contributed by atoms with Gasteiger partial charge in [-0.25, -0.2) is 17.9 Å². The fraction of sp³-hybridized carbons (Fsp3) is 0.292. The van der Waals surface area contributed by atoms with Crippen LogP contribution in [-0.4, -0.2) is 79.8 Å². The Kier molecular flexibility index (Phi) is 6.14. The molecule has 39 heavy (non-hydrogen) atoms. The smallest absolute Gasteiger partial charge is 0.194 e. The Balaban J connectivity index is 1.37. The van der Waals surface area contributed by atoms with Crippen LogP contribution in [0.4, 0.5) is 13.2 Å². The third-order valence-corrected chi connectivity index (χ3v) is 6.83. The first-order valence-corrected chi connectivity index (χ1v) is 11.8. The van der Waals surface area contributed by atoms with E-state index >= 15 is 0 Å². The zero-order valence-corrected chi connectivity index (χ0v) is 20.2. The quantitative estimate of drug-likeness (QED) is 0.279. The van der Waals surface area contributed by atoms with Crippen molar-refractivity contribution in [1.82, 2.24) is 39.5 Å². The molecule has 4 heterocycles. The normalized spacial score (nSPS) is 23.5. The minimum Gasteiger partial charge on any atom is -0.394 e. The predicted octanol–water partition coefficient (Wildman–Crippen LogP) is 1.23. The third kappa shape index (κ3) is 4.15. The van der Waals surface area contributed by atoms with Crippen molar-refractivity contribution < 1.29 is 33.2 Å². The number of fused-ring (bicyclic) bond motifs is 1. The largest absolute Gasteiger partial charge is 0.394 e. The molecule has 0 radical (unpaired) electrons. The van der Waals surface area contributed by atoms with E-state index in [0.29, 0.717) is 5.69 Å². The van der Waals surface area contributed by atoms with E-state index in [1.165, 1.54) is 12.5 Å². The van der Waals surface area contributed by atoms with Crippen molar-refractivity contribution >= 4 is 10.9 Å². The van der Waals surface area contributed by atoms with Gasteiger partial charge in [0.25, 0.3) is 0 Å². The highest BCUT2D eigenvalue weighted by Crippen LogP contribution is 2.38. The van der Waals surface area contributed by atoms with E-state index in [-0.39, 0.29) is 17.1 Å². The van der Waals surface area contributed by atoms with E-state index < -0.39 is 54.5 Å². The van der Waals surface area contributed by atoms with Crippen LogP contribution in [0, 0.1) is 17.5 Å². The molecule has 202 valence electrons. The monoisotopic (exact) mass is 542 g/mol. The predicted molar refractivity (Wildman–Crippen MR) is 127 cm³/mol. The second kappa shape index (κ2) is 9.53. The number of hydrogen-bond acceptors (Lipinski definition) is 9. The first kappa shape index (κ1) is 25.1. The summed E-state index contributed by atoms with van der Waals surface area (Å²) in [4.78, 5) is 0. The third-order valence-electron chi connectivity index (χ3n) is 6.83. The van der Waals surface area contributed by atoms with Crippen LogP contribution in [0.2, 0.25) is 0 Å². The number of aliphatic hydroxyl groups is 3. The van der Waals surface area contributed by atoms with E-state index in [1.807, 2.05) is 18.2 Å². The molecule has 12 nitrogen and oxygen atoms in total. The Labute approximate surface area is 217 Å². The summed E-state index contributed by atoms with van der Waals surface area (Å²) >= 11 is 0. The lowest BCUT2D eigenvalue weighted by Gasteiger charge is -2.41. The van der Waals surface area contributed by atoms with E-state index in [0.717, 1.165) is 27.7 Å². The molecule has 0 unspecified atom stereocenters. The highest BCUT2D eigenvalue weighted by atomic mass is 19.2. The van der Waals surface area contributed by atoms with Gasteiger partial charge in [-0.2, -0.15) is 5.10 Å². The summed E-state index contributed by atoms with van der Waals surface area (Å²) in [6.45, 7) is -0.605. The first-order valence-electron chi connectivity index (χ1n) is 11.8. The fourth-order valence-electron chi connectivity index (χ4n) is 4.81. The summed E-state index contributed by atoms with van der Waals surface area (Å²) < 4.78 is 51.2. The number of benzene rings is 2. The minimum absolute atomic E-state index is 0.0385. The van der Waals surface area contributed by atoms with Crippen LogP contribution in [0.1, 0.15) is 18.0 Å². The number of rotatable bonds is 5. The van der Waals surface area contributed by atoms with Gasteiger partial charge in [0, 0.05) is 18.0 Å². The maximum Gasteiger partial charge on any atom is 0.194 e. The van der Waals surface area contributed by atoms with Crippen molar-refractivity contribution in [3.63, 3.8) is 0 Å².